The van der Waals surface area contributed by atoms with E-state index in [4.69, 9.17) is 5.11 Å². The van der Waals surface area contributed by atoms with Gasteiger partial charge in [-0.15, -0.1) is 0 Å². The summed E-state index contributed by atoms with van der Waals surface area (Å²) < 4.78 is 50.5. The second kappa shape index (κ2) is 5.37. The molecule has 7 heteroatoms. The Morgan fingerprint density at radius 2 is 1.81 bits per heavy atom. The quantitative estimate of drug-likeness (QED) is 0.768. The Labute approximate surface area is 94.1 Å². The van der Waals surface area contributed by atoms with E-state index in [-0.39, 0.29) is 0 Å². The second-order valence-corrected chi connectivity index (χ2v) is 6.19. The van der Waals surface area contributed by atoms with Crippen LogP contribution in [0.25, 0.3) is 0 Å². The van der Waals surface area contributed by atoms with E-state index in [0.717, 1.165) is 19.3 Å². The van der Waals surface area contributed by atoms with E-state index in [1.54, 1.807) is 0 Å². The van der Waals surface area contributed by atoms with Crippen LogP contribution in [0.15, 0.2) is 0 Å². The molecule has 0 amide bonds. The predicted molar refractivity (Wildman–Crippen MR) is 55.8 cm³/mol. The molecule has 4 nitrogen and oxygen atoms in total. The van der Waals surface area contributed by atoms with Crippen LogP contribution in [-0.4, -0.2) is 37.8 Å². The standard InChI is InChI=1S/C9H17F2NO3S/c10-9(11,7-13)6-12-16(14,15)8-4-2-1-3-5-8/h8,12-13H,1-7H2. The number of aliphatic hydroxyl groups is 1. The van der Waals surface area contributed by atoms with E-state index < -0.39 is 34.3 Å². The van der Waals surface area contributed by atoms with Crippen LogP contribution >= 0.6 is 0 Å². The molecule has 0 saturated heterocycles. The fraction of sp³-hybridized carbons (Fsp3) is 1.00. The molecule has 16 heavy (non-hydrogen) atoms. The summed E-state index contributed by atoms with van der Waals surface area (Å²) in [6.07, 6.45) is 3.70. The maximum Gasteiger partial charge on any atom is 0.283 e. The monoisotopic (exact) mass is 257 g/mol. The molecule has 1 rings (SSSR count). The third-order valence-electron chi connectivity index (χ3n) is 2.75. The first-order valence-corrected chi connectivity index (χ1v) is 6.89. The largest absolute Gasteiger partial charge is 0.390 e. The van der Waals surface area contributed by atoms with Crippen molar-refractivity contribution in [1.82, 2.24) is 4.72 Å². The van der Waals surface area contributed by atoms with Gasteiger partial charge in [-0.25, -0.2) is 21.9 Å². The first-order chi connectivity index (χ1) is 7.37. The average molecular weight is 257 g/mol. The Hall–Kier alpha value is -0.270. The van der Waals surface area contributed by atoms with Crippen molar-refractivity contribution in [3.63, 3.8) is 0 Å². The molecule has 0 aliphatic heterocycles. The highest BCUT2D eigenvalue weighted by Gasteiger charge is 2.33. The van der Waals surface area contributed by atoms with E-state index in [9.17, 15) is 17.2 Å². The Bertz CT molecular complexity index is 313. The molecular weight excluding hydrogens is 240 g/mol. The zero-order chi connectivity index (χ0) is 12.2. The second-order valence-electron chi connectivity index (χ2n) is 4.14. The highest BCUT2D eigenvalue weighted by Crippen LogP contribution is 2.23. The van der Waals surface area contributed by atoms with Crippen molar-refractivity contribution in [3.8, 4) is 0 Å². The highest BCUT2D eigenvalue weighted by atomic mass is 32.2. The molecule has 0 heterocycles. The Morgan fingerprint density at radius 1 is 1.25 bits per heavy atom. The number of rotatable bonds is 5. The Balaban J connectivity index is 2.51. The minimum Gasteiger partial charge on any atom is -0.390 e. The molecule has 1 fully saturated rings. The lowest BCUT2D eigenvalue weighted by molar-refractivity contribution is -0.0437. The van der Waals surface area contributed by atoms with Crippen molar-refractivity contribution in [2.75, 3.05) is 13.2 Å². The molecular formula is C9H17F2NO3S. The fourth-order valence-electron chi connectivity index (χ4n) is 1.76. The van der Waals surface area contributed by atoms with Crippen molar-refractivity contribution in [3.05, 3.63) is 0 Å². The van der Waals surface area contributed by atoms with Gasteiger partial charge in [-0.3, -0.25) is 0 Å². The van der Waals surface area contributed by atoms with Gasteiger partial charge in [0.25, 0.3) is 5.92 Å². The summed E-state index contributed by atoms with van der Waals surface area (Å²) >= 11 is 0. The van der Waals surface area contributed by atoms with E-state index in [2.05, 4.69) is 0 Å². The Kier molecular flexibility index (Phi) is 4.63. The van der Waals surface area contributed by atoms with E-state index in [1.807, 2.05) is 4.72 Å². The summed E-state index contributed by atoms with van der Waals surface area (Å²) in [5, 5.41) is 7.76. The number of hydrogen-bond acceptors (Lipinski definition) is 3. The molecule has 1 aliphatic carbocycles. The number of halogens is 2. The smallest absolute Gasteiger partial charge is 0.283 e. The molecule has 0 bridgehead atoms. The predicted octanol–water partition coefficient (Wildman–Crippen LogP) is 0.866. The molecule has 1 saturated carbocycles. The topological polar surface area (TPSA) is 66.4 Å². The molecule has 0 spiro atoms. The number of nitrogens with one attached hydrogen (secondary N) is 1. The molecule has 0 atom stereocenters. The average Bonchev–Trinajstić information content (AvgIpc) is 2.28. The lowest BCUT2D eigenvalue weighted by atomic mass is 10.0. The van der Waals surface area contributed by atoms with Gasteiger partial charge in [0.1, 0.15) is 6.61 Å². The van der Waals surface area contributed by atoms with Gasteiger partial charge in [-0.05, 0) is 12.8 Å². The fourth-order valence-corrected chi connectivity index (χ4v) is 3.36. The summed E-state index contributed by atoms with van der Waals surface area (Å²) in [4.78, 5) is 0. The molecule has 96 valence electrons. The van der Waals surface area contributed by atoms with Gasteiger partial charge in [0, 0.05) is 0 Å². The molecule has 1 aliphatic rings. The van der Waals surface area contributed by atoms with E-state index in [0.29, 0.717) is 12.8 Å². The number of sulfonamides is 1. The van der Waals surface area contributed by atoms with E-state index >= 15 is 0 Å². The molecule has 0 unspecified atom stereocenters. The van der Waals surface area contributed by atoms with Crippen molar-refractivity contribution >= 4 is 10.0 Å². The number of aliphatic hydroxyl groups excluding tert-OH is 1. The maximum absolute atomic E-state index is 12.7. The van der Waals surface area contributed by atoms with Crippen LogP contribution in [0.2, 0.25) is 0 Å². The minimum atomic E-state index is -3.67. The van der Waals surface area contributed by atoms with Crippen molar-refractivity contribution in [2.24, 2.45) is 0 Å². The molecule has 0 aromatic carbocycles. The third-order valence-corrected chi connectivity index (χ3v) is 4.65. The minimum absolute atomic E-state index is 0.528. The van der Waals surface area contributed by atoms with Crippen LogP contribution in [0.3, 0.4) is 0 Å². The van der Waals surface area contributed by atoms with Crippen molar-refractivity contribution in [2.45, 2.75) is 43.3 Å². The summed E-state index contributed by atoms with van der Waals surface area (Å²) in [5.41, 5.74) is 0. The summed E-state index contributed by atoms with van der Waals surface area (Å²) in [5.74, 6) is -3.39. The number of alkyl halides is 2. The van der Waals surface area contributed by atoms with Gasteiger partial charge in [-0.1, -0.05) is 19.3 Å². The van der Waals surface area contributed by atoms with Gasteiger partial charge in [0.15, 0.2) is 0 Å². The van der Waals surface area contributed by atoms with E-state index in [1.165, 1.54) is 0 Å². The van der Waals surface area contributed by atoms with Crippen LogP contribution in [0.1, 0.15) is 32.1 Å². The zero-order valence-electron chi connectivity index (χ0n) is 8.95. The molecule has 0 radical (unpaired) electrons. The summed E-state index contributed by atoms with van der Waals surface area (Å²) in [7, 11) is -3.67. The van der Waals surface area contributed by atoms with Crippen LogP contribution in [-0.2, 0) is 10.0 Å². The summed E-state index contributed by atoms with van der Waals surface area (Å²) in [6, 6.07) is 0. The van der Waals surface area contributed by atoms with Gasteiger partial charge >= 0.3 is 0 Å². The third kappa shape index (κ3) is 3.95. The lowest BCUT2D eigenvalue weighted by Gasteiger charge is -2.23. The molecule has 0 aromatic heterocycles. The normalized spacial score (nSPS) is 19.9. The molecule has 2 N–H and O–H groups in total. The highest BCUT2D eigenvalue weighted by molar-refractivity contribution is 7.90. The van der Waals surface area contributed by atoms with Gasteiger partial charge < -0.3 is 5.11 Å². The number of hydrogen-bond donors (Lipinski definition) is 2. The first-order valence-electron chi connectivity index (χ1n) is 5.34. The van der Waals surface area contributed by atoms with Crippen LogP contribution in [0.5, 0.6) is 0 Å². The van der Waals surface area contributed by atoms with Crippen LogP contribution in [0.4, 0.5) is 8.78 Å². The maximum atomic E-state index is 12.7. The first kappa shape index (κ1) is 13.8. The van der Waals surface area contributed by atoms with Gasteiger partial charge in [0.05, 0.1) is 11.8 Å². The van der Waals surface area contributed by atoms with Crippen LogP contribution in [0, 0.1) is 0 Å². The molecule has 0 aromatic rings. The Morgan fingerprint density at radius 3 is 2.31 bits per heavy atom. The van der Waals surface area contributed by atoms with Gasteiger partial charge in [-0.2, -0.15) is 0 Å². The van der Waals surface area contributed by atoms with Crippen molar-refractivity contribution in [1.29, 1.82) is 0 Å². The zero-order valence-corrected chi connectivity index (χ0v) is 9.77. The van der Waals surface area contributed by atoms with Gasteiger partial charge in [0.2, 0.25) is 10.0 Å². The van der Waals surface area contributed by atoms with Crippen LogP contribution < -0.4 is 4.72 Å². The van der Waals surface area contributed by atoms with Crippen molar-refractivity contribution < 1.29 is 22.3 Å². The SMILES string of the molecule is O=S(=O)(NCC(F)(F)CO)C1CCCCC1. The summed E-state index contributed by atoms with van der Waals surface area (Å²) in [6.45, 7) is -2.37. The lowest BCUT2D eigenvalue weighted by Crippen LogP contribution is -2.43.